The van der Waals surface area contributed by atoms with E-state index in [1.807, 2.05) is 0 Å². The number of anilines is 3. The standard InChI is InChI=1S/C50H39N/c1-49(2)44-24-14-12-21-38(44)40-27-26-34(31-46(40)49)51(47-28-33-18-8-9-19-36(33)37-20-10-11-23-41(37)47)35-29-42(32-16-6-5-7-17-32)48-43(30-35)39-22-13-15-25-45(39)50(48,3)4/h5-31H,1-4H3. The molecule has 8 aromatic rings. The molecule has 0 radical (unpaired) electrons. The molecule has 0 amide bonds. The fraction of sp³-hybridized carbons (Fsp3) is 0.120. The lowest BCUT2D eigenvalue weighted by Gasteiger charge is -2.31. The van der Waals surface area contributed by atoms with Gasteiger partial charge < -0.3 is 4.90 Å². The van der Waals surface area contributed by atoms with Gasteiger partial charge in [-0.3, -0.25) is 0 Å². The number of rotatable bonds is 4. The molecule has 0 saturated carbocycles. The molecule has 0 bridgehead atoms. The van der Waals surface area contributed by atoms with E-state index < -0.39 is 0 Å². The van der Waals surface area contributed by atoms with Crippen molar-refractivity contribution in [3.05, 3.63) is 186 Å². The van der Waals surface area contributed by atoms with Gasteiger partial charge >= 0.3 is 0 Å². The highest BCUT2D eigenvalue weighted by Crippen LogP contribution is 2.56. The van der Waals surface area contributed by atoms with Crippen LogP contribution in [0.3, 0.4) is 0 Å². The molecule has 0 heterocycles. The summed E-state index contributed by atoms with van der Waals surface area (Å²) in [4.78, 5) is 2.54. The Labute approximate surface area is 300 Å². The van der Waals surface area contributed by atoms with Crippen LogP contribution in [-0.2, 0) is 10.8 Å². The summed E-state index contributed by atoms with van der Waals surface area (Å²) in [5, 5.41) is 5.01. The highest BCUT2D eigenvalue weighted by atomic mass is 15.1. The van der Waals surface area contributed by atoms with E-state index in [0.29, 0.717) is 0 Å². The topological polar surface area (TPSA) is 3.24 Å². The second-order valence-electron chi connectivity index (χ2n) is 15.4. The maximum absolute atomic E-state index is 2.54. The Morgan fingerprint density at radius 1 is 0.373 bits per heavy atom. The van der Waals surface area contributed by atoms with E-state index in [9.17, 15) is 0 Å². The quantitative estimate of drug-likeness (QED) is 0.171. The van der Waals surface area contributed by atoms with Crippen LogP contribution in [0.1, 0.15) is 49.9 Å². The van der Waals surface area contributed by atoms with Crippen molar-refractivity contribution in [1.82, 2.24) is 0 Å². The van der Waals surface area contributed by atoms with E-state index in [0.717, 1.165) is 5.69 Å². The Balaban J connectivity index is 1.31. The Kier molecular flexibility index (Phi) is 6.34. The van der Waals surface area contributed by atoms with Crippen LogP contribution in [0.2, 0.25) is 0 Å². The summed E-state index contributed by atoms with van der Waals surface area (Å²) in [7, 11) is 0. The third kappa shape index (κ3) is 4.28. The zero-order valence-electron chi connectivity index (χ0n) is 29.5. The highest BCUT2D eigenvalue weighted by molar-refractivity contribution is 6.15. The molecule has 0 saturated heterocycles. The normalized spacial score (nSPS) is 14.6. The number of nitrogens with zero attached hydrogens (tertiary/aromatic N) is 1. The first kappa shape index (κ1) is 29.9. The second-order valence-corrected chi connectivity index (χ2v) is 15.4. The van der Waals surface area contributed by atoms with Crippen molar-refractivity contribution in [2.24, 2.45) is 0 Å². The monoisotopic (exact) mass is 653 g/mol. The van der Waals surface area contributed by atoms with Crippen LogP contribution in [0.25, 0.3) is 54.9 Å². The molecule has 0 aromatic heterocycles. The molecule has 51 heavy (non-hydrogen) atoms. The fourth-order valence-corrected chi connectivity index (χ4v) is 9.36. The predicted molar refractivity (Wildman–Crippen MR) is 217 cm³/mol. The molecule has 2 aliphatic carbocycles. The van der Waals surface area contributed by atoms with E-state index in [-0.39, 0.29) is 10.8 Å². The van der Waals surface area contributed by atoms with Crippen LogP contribution in [0.5, 0.6) is 0 Å². The molecular formula is C50H39N. The van der Waals surface area contributed by atoms with Crippen molar-refractivity contribution < 1.29 is 0 Å². The summed E-state index contributed by atoms with van der Waals surface area (Å²) < 4.78 is 0. The van der Waals surface area contributed by atoms with Crippen LogP contribution in [0.4, 0.5) is 17.1 Å². The van der Waals surface area contributed by atoms with Crippen LogP contribution in [-0.4, -0.2) is 0 Å². The van der Waals surface area contributed by atoms with E-state index in [1.165, 1.54) is 88.6 Å². The van der Waals surface area contributed by atoms with Crippen molar-refractivity contribution in [3.8, 4) is 33.4 Å². The number of fused-ring (bicyclic) bond motifs is 9. The maximum atomic E-state index is 2.54. The van der Waals surface area contributed by atoms with Gasteiger partial charge in [-0.25, -0.2) is 0 Å². The van der Waals surface area contributed by atoms with Crippen molar-refractivity contribution >= 4 is 38.6 Å². The average molecular weight is 654 g/mol. The van der Waals surface area contributed by atoms with Gasteiger partial charge in [-0.2, -0.15) is 0 Å². The molecule has 244 valence electrons. The summed E-state index contributed by atoms with van der Waals surface area (Å²) >= 11 is 0. The van der Waals surface area contributed by atoms with E-state index in [1.54, 1.807) is 0 Å². The van der Waals surface area contributed by atoms with Gasteiger partial charge in [-0.1, -0.05) is 161 Å². The Bertz CT molecular complexity index is 2690. The first-order valence-electron chi connectivity index (χ1n) is 18.1. The third-order valence-corrected chi connectivity index (χ3v) is 11.8. The highest BCUT2D eigenvalue weighted by Gasteiger charge is 2.39. The molecule has 1 nitrogen and oxygen atoms in total. The van der Waals surface area contributed by atoms with E-state index >= 15 is 0 Å². The van der Waals surface area contributed by atoms with E-state index in [4.69, 9.17) is 0 Å². The van der Waals surface area contributed by atoms with Gasteiger partial charge in [-0.15, -0.1) is 0 Å². The van der Waals surface area contributed by atoms with Crippen molar-refractivity contribution in [2.75, 3.05) is 4.90 Å². The molecule has 0 unspecified atom stereocenters. The fourth-order valence-electron chi connectivity index (χ4n) is 9.36. The van der Waals surface area contributed by atoms with Crippen LogP contribution in [0.15, 0.2) is 164 Å². The Hall–Kier alpha value is -5.92. The second kappa shape index (κ2) is 10.8. The van der Waals surface area contributed by atoms with Gasteiger partial charge in [0.05, 0.1) is 5.69 Å². The van der Waals surface area contributed by atoms with Gasteiger partial charge in [0.15, 0.2) is 0 Å². The lowest BCUT2D eigenvalue weighted by molar-refractivity contribution is 0.660. The molecule has 8 aromatic carbocycles. The first-order valence-corrected chi connectivity index (χ1v) is 18.1. The van der Waals surface area contributed by atoms with Crippen molar-refractivity contribution in [3.63, 3.8) is 0 Å². The first-order chi connectivity index (χ1) is 24.8. The van der Waals surface area contributed by atoms with E-state index in [2.05, 4.69) is 196 Å². The lowest BCUT2D eigenvalue weighted by Crippen LogP contribution is -2.18. The summed E-state index contributed by atoms with van der Waals surface area (Å²) in [6.45, 7) is 9.52. The zero-order valence-corrected chi connectivity index (χ0v) is 29.5. The largest absolute Gasteiger partial charge is 0.310 e. The molecule has 10 rings (SSSR count). The summed E-state index contributed by atoms with van der Waals surface area (Å²) in [6.07, 6.45) is 0. The third-order valence-electron chi connectivity index (χ3n) is 11.8. The van der Waals surface area contributed by atoms with Crippen molar-refractivity contribution in [2.45, 2.75) is 38.5 Å². The predicted octanol–water partition coefficient (Wildman–Crippen LogP) is 13.7. The molecule has 0 atom stereocenters. The lowest BCUT2D eigenvalue weighted by atomic mass is 9.78. The summed E-state index contributed by atoms with van der Waals surface area (Å²) in [6, 6.07) is 61.1. The van der Waals surface area contributed by atoms with Gasteiger partial charge in [0.1, 0.15) is 0 Å². The minimum Gasteiger partial charge on any atom is -0.310 e. The van der Waals surface area contributed by atoms with Gasteiger partial charge in [0.2, 0.25) is 0 Å². The molecule has 1 heteroatoms. The van der Waals surface area contributed by atoms with Gasteiger partial charge in [0.25, 0.3) is 0 Å². The minimum atomic E-state index is -0.139. The Morgan fingerprint density at radius 2 is 0.941 bits per heavy atom. The maximum Gasteiger partial charge on any atom is 0.0546 e. The molecule has 2 aliphatic rings. The molecule has 0 aliphatic heterocycles. The Morgan fingerprint density at radius 3 is 1.71 bits per heavy atom. The van der Waals surface area contributed by atoms with Crippen LogP contribution < -0.4 is 4.90 Å². The number of benzene rings is 8. The summed E-state index contributed by atoms with van der Waals surface area (Å²) in [5.74, 6) is 0. The zero-order chi connectivity index (χ0) is 34.5. The van der Waals surface area contributed by atoms with Crippen molar-refractivity contribution in [1.29, 1.82) is 0 Å². The van der Waals surface area contributed by atoms with Crippen LogP contribution >= 0.6 is 0 Å². The summed E-state index contributed by atoms with van der Waals surface area (Å²) in [5.41, 5.74) is 16.6. The molecule has 0 spiro atoms. The minimum absolute atomic E-state index is 0.116. The van der Waals surface area contributed by atoms with Gasteiger partial charge in [0, 0.05) is 27.6 Å². The molecule has 0 N–H and O–H groups in total. The van der Waals surface area contributed by atoms with Gasteiger partial charge in [-0.05, 0) is 102 Å². The van der Waals surface area contributed by atoms with Crippen LogP contribution in [0, 0.1) is 0 Å². The smallest absolute Gasteiger partial charge is 0.0546 e. The average Bonchev–Trinajstić information content (AvgIpc) is 3.54. The number of hydrogen-bond donors (Lipinski definition) is 0. The molecular weight excluding hydrogens is 615 g/mol. The molecule has 0 fully saturated rings. The number of hydrogen-bond acceptors (Lipinski definition) is 1. The SMILES string of the molecule is CC1(C)c2ccccc2-c2ccc(N(c3cc(-c4ccccc4)c4c(c3)-c3ccccc3C4(C)C)c3cc4ccccc4c4ccccc34)cc21.